The summed E-state index contributed by atoms with van der Waals surface area (Å²) in [6.07, 6.45) is 1.03. The quantitative estimate of drug-likeness (QED) is 0.803. The van der Waals surface area contributed by atoms with Crippen LogP contribution in [0.25, 0.3) is 0 Å². The van der Waals surface area contributed by atoms with Gasteiger partial charge >= 0.3 is 0 Å². The number of morpholine rings is 1. The van der Waals surface area contributed by atoms with Crippen molar-refractivity contribution < 1.29 is 13.2 Å². The number of rotatable bonds is 6. The van der Waals surface area contributed by atoms with Crippen molar-refractivity contribution >= 4 is 15.7 Å². The van der Waals surface area contributed by atoms with E-state index in [-0.39, 0.29) is 6.04 Å². The van der Waals surface area contributed by atoms with Crippen LogP contribution in [0.1, 0.15) is 17.2 Å². The van der Waals surface area contributed by atoms with Gasteiger partial charge in [0.05, 0.1) is 18.1 Å². The molecule has 0 saturated carbocycles. The molecular formula is C21H27N3O3S. The van der Waals surface area contributed by atoms with Gasteiger partial charge in [-0.3, -0.25) is 4.90 Å². The lowest BCUT2D eigenvalue weighted by Crippen LogP contribution is -2.43. The highest BCUT2D eigenvalue weighted by molar-refractivity contribution is 7.89. The maximum absolute atomic E-state index is 12.7. The molecule has 2 aromatic carbocycles. The second kappa shape index (κ2) is 8.21. The lowest BCUT2D eigenvalue weighted by atomic mass is 10.0. The first-order valence-corrected chi connectivity index (χ1v) is 11.2. The Morgan fingerprint density at radius 2 is 1.82 bits per heavy atom. The zero-order chi connectivity index (χ0) is 19.6. The van der Waals surface area contributed by atoms with Crippen molar-refractivity contribution in [2.75, 3.05) is 51.3 Å². The molecule has 6 nitrogen and oxygen atoms in total. The van der Waals surface area contributed by atoms with E-state index in [2.05, 4.69) is 39.8 Å². The summed E-state index contributed by atoms with van der Waals surface area (Å²) in [6, 6.07) is 15.1. The number of ether oxygens (including phenoxy) is 1. The summed E-state index contributed by atoms with van der Waals surface area (Å²) in [5.74, 6) is 0. The van der Waals surface area contributed by atoms with E-state index in [4.69, 9.17) is 4.74 Å². The molecule has 1 atom stereocenters. The highest BCUT2D eigenvalue weighted by Crippen LogP contribution is 2.31. The van der Waals surface area contributed by atoms with Crippen LogP contribution >= 0.6 is 0 Å². The molecule has 150 valence electrons. The second-order valence-corrected chi connectivity index (χ2v) is 9.16. The summed E-state index contributed by atoms with van der Waals surface area (Å²) >= 11 is 0. The predicted molar refractivity (Wildman–Crippen MR) is 110 cm³/mol. The van der Waals surface area contributed by atoms with Crippen LogP contribution in [0.3, 0.4) is 0 Å². The van der Waals surface area contributed by atoms with Crippen LogP contribution in [-0.2, 0) is 21.2 Å². The fraction of sp³-hybridized carbons (Fsp3) is 0.429. The van der Waals surface area contributed by atoms with Crippen molar-refractivity contribution in [2.24, 2.45) is 0 Å². The molecule has 2 heterocycles. The Bertz CT molecular complexity index is 912. The first-order valence-electron chi connectivity index (χ1n) is 9.75. The maximum Gasteiger partial charge on any atom is 0.240 e. The third-order valence-electron chi connectivity index (χ3n) is 5.62. The monoisotopic (exact) mass is 401 g/mol. The standard InChI is InChI=1S/C21H27N3O3S/c1-23-10-9-18-15-17(7-8-20(18)23)21(24-11-13-27-14-12-24)16-22-28(25,26)19-5-3-2-4-6-19/h2-8,15,21-22H,9-14,16H2,1H3. The van der Waals surface area contributed by atoms with E-state index in [0.717, 1.165) is 31.6 Å². The molecule has 0 aliphatic carbocycles. The minimum atomic E-state index is -3.54. The van der Waals surface area contributed by atoms with E-state index in [1.807, 2.05) is 6.07 Å². The van der Waals surface area contributed by atoms with E-state index in [9.17, 15) is 8.42 Å². The van der Waals surface area contributed by atoms with Gasteiger partial charge in [0.15, 0.2) is 0 Å². The highest BCUT2D eigenvalue weighted by Gasteiger charge is 2.26. The van der Waals surface area contributed by atoms with E-state index in [1.165, 1.54) is 11.3 Å². The van der Waals surface area contributed by atoms with Gasteiger partial charge in [-0.05, 0) is 35.7 Å². The van der Waals surface area contributed by atoms with Crippen LogP contribution < -0.4 is 9.62 Å². The Morgan fingerprint density at radius 3 is 2.57 bits per heavy atom. The zero-order valence-electron chi connectivity index (χ0n) is 16.2. The summed E-state index contributed by atoms with van der Waals surface area (Å²) in [7, 11) is -1.43. The molecule has 2 aromatic rings. The molecule has 0 spiro atoms. The van der Waals surface area contributed by atoms with Crippen molar-refractivity contribution in [1.29, 1.82) is 0 Å². The number of benzene rings is 2. The molecule has 7 heteroatoms. The molecule has 0 amide bonds. The number of fused-ring (bicyclic) bond motifs is 1. The van der Waals surface area contributed by atoms with Gasteiger partial charge in [-0.25, -0.2) is 13.1 Å². The molecule has 1 N–H and O–H groups in total. The van der Waals surface area contributed by atoms with Crippen molar-refractivity contribution in [3.63, 3.8) is 0 Å². The first-order chi connectivity index (χ1) is 13.5. The number of hydrogen-bond donors (Lipinski definition) is 1. The third-order valence-corrected chi connectivity index (χ3v) is 7.06. The lowest BCUT2D eigenvalue weighted by Gasteiger charge is -2.35. The molecule has 2 aliphatic rings. The summed E-state index contributed by atoms with van der Waals surface area (Å²) < 4.78 is 33.8. The van der Waals surface area contributed by atoms with Gasteiger partial charge in [-0.2, -0.15) is 0 Å². The van der Waals surface area contributed by atoms with Crippen molar-refractivity contribution in [3.05, 3.63) is 59.7 Å². The Kier molecular flexibility index (Phi) is 5.68. The smallest absolute Gasteiger partial charge is 0.240 e. The molecule has 0 aromatic heterocycles. The molecule has 1 fully saturated rings. The van der Waals surface area contributed by atoms with Gasteiger partial charge < -0.3 is 9.64 Å². The maximum atomic E-state index is 12.7. The molecule has 0 radical (unpaired) electrons. The van der Waals surface area contributed by atoms with Crippen LogP contribution in [0.5, 0.6) is 0 Å². The third kappa shape index (κ3) is 4.07. The van der Waals surface area contributed by atoms with Crippen LogP contribution in [0.4, 0.5) is 5.69 Å². The Hall–Kier alpha value is -1.93. The summed E-state index contributed by atoms with van der Waals surface area (Å²) in [4.78, 5) is 4.88. The Labute approximate surface area is 167 Å². The number of nitrogens with one attached hydrogen (secondary N) is 1. The van der Waals surface area contributed by atoms with E-state index >= 15 is 0 Å². The molecule has 1 saturated heterocycles. The SMILES string of the molecule is CN1CCc2cc(C(CNS(=O)(=O)c3ccccc3)N3CCOCC3)ccc21. The Balaban J connectivity index is 1.58. The average Bonchev–Trinajstić information content (AvgIpc) is 3.10. The van der Waals surface area contributed by atoms with Crippen LogP contribution in [0, 0.1) is 0 Å². The highest BCUT2D eigenvalue weighted by atomic mass is 32.2. The molecule has 1 unspecified atom stereocenters. The van der Waals surface area contributed by atoms with Gasteiger partial charge in [0, 0.05) is 45.0 Å². The normalized spacial score (nSPS) is 18.8. The molecule has 2 aliphatic heterocycles. The van der Waals surface area contributed by atoms with Gasteiger partial charge in [-0.1, -0.05) is 30.3 Å². The summed E-state index contributed by atoms with van der Waals surface area (Å²) in [5.41, 5.74) is 3.77. The fourth-order valence-electron chi connectivity index (χ4n) is 4.01. The minimum absolute atomic E-state index is 0.0152. The number of likely N-dealkylation sites (N-methyl/N-ethyl adjacent to an activating group) is 1. The van der Waals surface area contributed by atoms with Crippen LogP contribution in [-0.4, -0.2) is 59.8 Å². The van der Waals surface area contributed by atoms with Gasteiger partial charge in [0.2, 0.25) is 10.0 Å². The van der Waals surface area contributed by atoms with Gasteiger partial charge in [0.1, 0.15) is 0 Å². The average molecular weight is 402 g/mol. The van der Waals surface area contributed by atoms with Gasteiger partial charge in [-0.15, -0.1) is 0 Å². The number of hydrogen-bond acceptors (Lipinski definition) is 5. The molecule has 28 heavy (non-hydrogen) atoms. The van der Waals surface area contributed by atoms with Gasteiger partial charge in [0.25, 0.3) is 0 Å². The van der Waals surface area contributed by atoms with Crippen molar-refractivity contribution in [1.82, 2.24) is 9.62 Å². The predicted octanol–water partition coefficient (Wildman–Crippen LogP) is 2.03. The Morgan fingerprint density at radius 1 is 1.07 bits per heavy atom. The number of sulfonamides is 1. The van der Waals surface area contributed by atoms with Crippen LogP contribution in [0.2, 0.25) is 0 Å². The largest absolute Gasteiger partial charge is 0.379 e. The molecule has 4 rings (SSSR count). The number of nitrogens with zero attached hydrogens (tertiary/aromatic N) is 2. The van der Waals surface area contributed by atoms with E-state index in [0.29, 0.717) is 24.7 Å². The summed E-state index contributed by atoms with van der Waals surface area (Å²) in [5, 5.41) is 0. The van der Waals surface area contributed by atoms with E-state index < -0.39 is 10.0 Å². The fourth-order valence-corrected chi connectivity index (χ4v) is 5.07. The van der Waals surface area contributed by atoms with E-state index in [1.54, 1.807) is 24.3 Å². The zero-order valence-corrected chi connectivity index (χ0v) is 17.0. The lowest BCUT2D eigenvalue weighted by molar-refractivity contribution is 0.0172. The topological polar surface area (TPSA) is 61.9 Å². The first kappa shape index (κ1) is 19.4. The number of anilines is 1. The van der Waals surface area contributed by atoms with Crippen LogP contribution in [0.15, 0.2) is 53.4 Å². The minimum Gasteiger partial charge on any atom is -0.379 e. The van der Waals surface area contributed by atoms with Crippen molar-refractivity contribution in [3.8, 4) is 0 Å². The van der Waals surface area contributed by atoms with Crippen molar-refractivity contribution in [2.45, 2.75) is 17.4 Å². The molecule has 0 bridgehead atoms. The second-order valence-electron chi connectivity index (χ2n) is 7.39. The molecular weight excluding hydrogens is 374 g/mol. The summed E-state index contributed by atoms with van der Waals surface area (Å²) in [6.45, 7) is 4.32.